The molecule has 20 heavy (non-hydrogen) atoms. The first-order valence-corrected chi connectivity index (χ1v) is 7.87. The summed E-state index contributed by atoms with van der Waals surface area (Å²) in [5.41, 5.74) is 1.72. The fourth-order valence-corrected chi connectivity index (χ4v) is 3.69. The molecule has 1 saturated carbocycles. The summed E-state index contributed by atoms with van der Waals surface area (Å²) in [6.07, 6.45) is 3.61. The summed E-state index contributed by atoms with van der Waals surface area (Å²) in [7, 11) is 0. The van der Waals surface area contributed by atoms with Crippen LogP contribution in [0, 0.1) is 17.7 Å². The Morgan fingerprint density at radius 1 is 1.35 bits per heavy atom. The monoisotopic (exact) mass is 294 g/mol. The molecule has 0 bridgehead atoms. The number of rotatable bonds is 2. The van der Waals surface area contributed by atoms with Crippen LogP contribution in [0.4, 0.5) is 4.39 Å². The predicted octanol–water partition coefficient (Wildman–Crippen LogP) is 4.91. The molecule has 0 amide bonds. The number of hydrogen-bond acceptors (Lipinski definition) is 1. The van der Waals surface area contributed by atoms with Gasteiger partial charge in [-0.3, -0.25) is 0 Å². The van der Waals surface area contributed by atoms with Crippen molar-refractivity contribution in [1.82, 2.24) is 9.55 Å². The van der Waals surface area contributed by atoms with Crippen LogP contribution in [-0.2, 0) is 5.88 Å². The van der Waals surface area contributed by atoms with Crippen LogP contribution in [0.25, 0.3) is 11.0 Å². The van der Waals surface area contributed by atoms with E-state index in [-0.39, 0.29) is 5.82 Å². The maximum Gasteiger partial charge on any atom is 0.125 e. The van der Waals surface area contributed by atoms with E-state index in [9.17, 15) is 4.39 Å². The fourth-order valence-electron chi connectivity index (χ4n) is 3.50. The van der Waals surface area contributed by atoms with Crippen LogP contribution in [0.3, 0.4) is 0 Å². The Kier molecular flexibility index (Phi) is 3.72. The zero-order chi connectivity index (χ0) is 14.3. The van der Waals surface area contributed by atoms with Crippen molar-refractivity contribution in [2.45, 2.75) is 45.0 Å². The lowest BCUT2D eigenvalue weighted by atomic mass is 9.78. The highest BCUT2D eigenvalue weighted by atomic mass is 35.5. The van der Waals surface area contributed by atoms with E-state index in [1.54, 1.807) is 12.1 Å². The Hall–Kier alpha value is -1.09. The zero-order valence-electron chi connectivity index (χ0n) is 11.9. The minimum absolute atomic E-state index is 0.212. The number of benzene rings is 1. The average Bonchev–Trinajstić information content (AvgIpc) is 2.79. The summed E-state index contributed by atoms with van der Waals surface area (Å²) >= 11 is 6.07. The van der Waals surface area contributed by atoms with Crippen molar-refractivity contribution >= 4 is 22.6 Å². The molecule has 0 radical (unpaired) electrons. The van der Waals surface area contributed by atoms with Crippen molar-refractivity contribution in [3.63, 3.8) is 0 Å². The Balaban J connectivity index is 2.15. The van der Waals surface area contributed by atoms with Gasteiger partial charge in [-0.05, 0) is 36.5 Å². The van der Waals surface area contributed by atoms with Gasteiger partial charge in [0.2, 0.25) is 0 Å². The molecule has 4 heteroatoms. The first kappa shape index (κ1) is 13.9. The van der Waals surface area contributed by atoms with E-state index in [2.05, 4.69) is 23.4 Å². The Bertz CT molecular complexity index is 622. The van der Waals surface area contributed by atoms with Crippen molar-refractivity contribution in [1.29, 1.82) is 0 Å². The van der Waals surface area contributed by atoms with Gasteiger partial charge >= 0.3 is 0 Å². The highest BCUT2D eigenvalue weighted by Crippen LogP contribution is 2.40. The third-order valence-corrected chi connectivity index (χ3v) is 5.08. The van der Waals surface area contributed by atoms with Gasteiger partial charge in [0, 0.05) is 6.04 Å². The molecular weight excluding hydrogens is 275 g/mol. The van der Waals surface area contributed by atoms with Gasteiger partial charge in [0.05, 0.1) is 16.9 Å². The number of fused-ring (bicyclic) bond motifs is 1. The molecule has 0 spiro atoms. The van der Waals surface area contributed by atoms with E-state index in [1.165, 1.54) is 18.9 Å². The quantitative estimate of drug-likeness (QED) is 0.720. The van der Waals surface area contributed by atoms with Gasteiger partial charge in [-0.2, -0.15) is 0 Å². The minimum atomic E-state index is -0.212. The maximum atomic E-state index is 13.6. The lowest BCUT2D eigenvalue weighted by molar-refractivity contribution is 0.187. The van der Waals surface area contributed by atoms with E-state index < -0.39 is 0 Å². The van der Waals surface area contributed by atoms with E-state index in [4.69, 9.17) is 11.6 Å². The van der Waals surface area contributed by atoms with Crippen molar-refractivity contribution < 1.29 is 4.39 Å². The summed E-state index contributed by atoms with van der Waals surface area (Å²) in [4.78, 5) is 4.57. The third kappa shape index (κ3) is 2.22. The molecule has 2 aromatic rings. The number of halogens is 2. The van der Waals surface area contributed by atoms with E-state index in [1.807, 2.05) is 0 Å². The van der Waals surface area contributed by atoms with Crippen molar-refractivity contribution in [3.8, 4) is 0 Å². The highest BCUT2D eigenvalue weighted by Gasteiger charge is 2.30. The van der Waals surface area contributed by atoms with Crippen molar-refractivity contribution in [2.75, 3.05) is 0 Å². The molecule has 1 fully saturated rings. The molecular formula is C16H20ClFN2. The maximum absolute atomic E-state index is 13.6. The number of alkyl halides is 1. The van der Waals surface area contributed by atoms with Crippen LogP contribution >= 0.6 is 11.6 Å². The topological polar surface area (TPSA) is 17.8 Å². The summed E-state index contributed by atoms with van der Waals surface area (Å²) in [5.74, 6) is 2.26. The van der Waals surface area contributed by atoms with E-state index in [0.717, 1.165) is 23.3 Å². The van der Waals surface area contributed by atoms with Gasteiger partial charge in [0.15, 0.2) is 0 Å². The largest absolute Gasteiger partial charge is 0.323 e. The Morgan fingerprint density at radius 2 is 2.15 bits per heavy atom. The van der Waals surface area contributed by atoms with Gasteiger partial charge in [-0.15, -0.1) is 11.6 Å². The Morgan fingerprint density at radius 3 is 2.90 bits per heavy atom. The molecule has 1 aromatic carbocycles. The molecule has 2 nitrogen and oxygen atoms in total. The molecule has 0 saturated heterocycles. The first-order chi connectivity index (χ1) is 9.61. The van der Waals surface area contributed by atoms with Gasteiger partial charge in [0.1, 0.15) is 11.6 Å². The minimum Gasteiger partial charge on any atom is -0.323 e. The molecule has 1 aliphatic rings. The number of hydrogen-bond donors (Lipinski definition) is 0. The highest BCUT2D eigenvalue weighted by molar-refractivity contribution is 6.16. The van der Waals surface area contributed by atoms with Crippen molar-refractivity contribution in [3.05, 3.63) is 29.8 Å². The number of nitrogens with zero attached hydrogens (tertiary/aromatic N) is 2. The summed E-state index contributed by atoms with van der Waals surface area (Å²) in [6.45, 7) is 4.59. The fraction of sp³-hybridized carbons (Fsp3) is 0.562. The van der Waals surface area contributed by atoms with Crippen LogP contribution < -0.4 is 0 Å². The molecule has 1 aliphatic carbocycles. The van der Waals surface area contributed by atoms with Crippen LogP contribution in [0.5, 0.6) is 0 Å². The van der Waals surface area contributed by atoms with Gasteiger partial charge in [-0.1, -0.05) is 26.7 Å². The lowest BCUT2D eigenvalue weighted by Crippen LogP contribution is -2.28. The number of imidazole rings is 1. The third-order valence-electron chi connectivity index (χ3n) is 4.84. The molecule has 108 valence electrons. The molecule has 0 N–H and O–H groups in total. The Labute approximate surface area is 123 Å². The van der Waals surface area contributed by atoms with Gasteiger partial charge in [0.25, 0.3) is 0 Å². The average molecular weight is 295 g/mol. The second-order valence-corrected chi connectivity index (χ2v) is 6.27. The molecule has 3 unspecified atom stereocenters. The lowest BCUT2D eigenvalue weighted by Gasteiger charge is -2.36. The normalized spacial score (nSPS) is 27.1. The molecule has 3 rings (SSSR count). The summed E-state index contributed by atoms with van der Waals surface area (Å²) in [5, 5.41) is 0. The standard InChI is InChI=1S/C16H20ClFN2/c1-10-4-3-5-14(11(10)2)20-15-8-12(18)6-7-13(15)19-16(20)9-17/h6-8,10-11,14H,3-5,9H2,1-2H3. The van der Waals surface area contributed by atoms with Crippen LogP contribution in [-0.4, -0.2) is 9.55 Å². The molecule has 1 heterocycles. The predicted molar refractivity (Wildman–Crippen MR) is 80.5 cm³/mol. The van der Waals surface area contributed by atoms with E-state index >= 15 is 0 Å². The molecule has 0 aliphatic heterocycles. The molecule has 1 aromatic heterocycles. The van der Waals surface area contributed by atoms with Gasteiger partial charge in [-0.25, -0.2) is 9.37 Å². The van der Waals surface area contributed by atoms with Gasteiger partial charge < -0.3 is 4.57 Å². The number of aromatic nitrogens is 2. The second kappa shape index (κ2) is 5.36. The second-order valence-electron chi connectivity index (χ2n) is 6.00. The molecule has 3 atom stereocenters. The van der Waals surface area contributed by atoms with Crippen LogP contribution in [0.15, 0.2) is 18.2 Å². The summed E-state index contributed by atoms with van der Waals surface area (Å²) in [6, 6.07) is 5.17. The first-order valence-electron chi connectivity index (χ1n) is 7.34. The van der Waals surface area contributed by atoms with Crippen molar-refractivity contribution in [2.24, 2.45) is 11.8 Å². The van der Waals surface area contributed by atoms with E-state index in [0.29, 0.717) is 23.8 Å². The summed E-state index contributed by atoms with van der Waals surface area (Å²) < 4.78 is 15.8. The smallest absolute Gasteiger partial charge is 0.125 e. The zero-order valence-corrected chi connectivity index (χ0v) is 12.7. The van der Waals surface area contributed by atoms with Crippen LogP contribution in [0.2, 0.25) is 0 Å². The van der Waals surface area contributed by atoms with Crippen LogP contribution in [0.1, 0.15) is 45.0 Å². The SMILES string of the molecule is CC1CCCC(n2c(CCl)nc3ccc(F)cc32)C1C.